The molecule has 0 aliphatic heterocycles. The number of methoxy groups -OCH3 is 1. The Morgan fingerprint density at radius 1 is 1.15 bits per heavy atom. The summed E-state index contributed by atoms with van der Waals surface area (Å²) in [5.41, 5.74) is 1.37. The van der Waals surface area contributed by atoms with Crippen LogP contribution in [0.15, 0.2) is 36.4 Å². The van der Waals surface area contributed by atoms with Gasteiger partial charge in [0.1, 0.15) is 17.4 Å². The number of ketones is 1. The van der Waals surface area contributed by atoms with Gasteiger partial charge in [-0.25, -0.2) is 8.78 Å². The Morgan fingerprint density at radius 3 is 2.50 bits per heavy atom. The first-order valence-electron chi connectivity index (χ1n) is 6.13. The zero-order valence-corrected chi connectivity index (χ0v) is 11.2. The SMILES string of the molecule is COc1ccc(C(=O)Cc2ccc(F)cc2C)c(F)c1. The van der Waals surface area contributed by atoms with Crippen molar-refractivity contribution in [3.8, 4) is 5.75 Å². The van der Waals surface area contributed by atoms with Gasteiger partial charge in [-0.3, -0.25) is 4.79 Å². The molecule has 2 rings (SSSR count). The fraction of sp³-hybridized carbons (Fsp3) is 0.188. The Balaban J connectivity index is 2.24. The molecular weight excluding hydrogens is 262 g/mol. The molecule has 0 bridgehead atoms. The normalized spacial score (nSPS) is 10.4. The summed E-state index contributed by atoms with van der Waals surface area (Å²) in [6.45, 7) is 1.72. The third-order valence-electron chi connectivity index (χ3n) is 3.13. The summed E-state index contributed by atoms with van der Waals surface area (Å²) in [5.74, 6) is -0.958. The van der Waals surface area contributed by atoms with E-state index in [1.54, 1.807) is 13.0 Å². The number of carbonyl (C=O) groups excluding carboxylic acids is 1. The van der Waals surface area contributed by atoms with E-state index in [0.29, 0.717) is 16.9 Å². The molecule has 20 heavy (non-hydrogen) atoms. The highest BCUT2D eigenvalue weighted by Gasteiger charge is 2.14. The van der Waals surface area contributed by atoms with Crippen molar-refractivity contribution in [2.75, 3.05) is 7.11 Å². The van der Waals surface area contributed by atoms with Crippen LogP contribution in [-0.2, 0) is 6.42 Å². The fourth-order valence-corrected chi connectivity index (χ4v) is 1.97. The maximum absolute atomic E-state index is 13.8. The average Bonchev–Trinajstić information content (AvgIpc) is 2.41. The van der Waals surface area contributed by atoms with Crippen LogP contribution < -0.4 is 4.74 Å². The number of halogens is 2. The molecule has 0 unspecified atom stereocenters. The van der Waals surface area contributed by atoms with Crippen LogP contribution in [-0.4, -0.2) is 12.9 Å². The van der Waals surface area contributed by atoms with Gasteiger partial charge in [-0.05, 0) is 42.3 Å². The largest absolute Gasteiger partial charge is 0.497 e. The second-order valence-electron chi connectivity index (χ2n) is 4.52. The van der Waals surface area contributed by atoms with Crippen molar-refractivity contribution in [1.29, 1.82) is 0 Å². The van der Waals surface area contributed by atoms with E-state index in [1.165, 1.54) is 37.4 Å². The Hall–Kier alpha value is -2.23. The van der Waals surface area contributed by atoms with E-state index in [0.717, 1.165) is 0 Å². The van der Waals surface area contributed by atoms with Crippen LogP contribution in [0, 0.1) is 18.6 Å². The second kappa shape index (κ2) is 5.82. The summed E-state index contributed by atoms with van der Waals surface area (Å²) in [6, 6.07) is 8.30. The number of aryl methyl sites for hydroxylation is 1. The zero-order chi connectivity index (χ0) is 14.7. The van der Waals surface area contributed by atoms with Gasteiger partial charge in [0.15, 0.2) is 5.78 Å². The molecule has 104 valence electrons. The van der Waals surface area contributed by atoms with E-state index >= 15 is 0 Å². The van der Waals surface area contributed by atoms with E-state index in [4.69, 9.17) is 4.74 Å². The molecular formula is C16H14F2O2. The number of rotatable bonds is 4. The van der Waals surface area contributed by atoms with Crippen molar-refractivity contribution in [1.82, 2.24) is 0 Å². The molecule has 4 heteroatoms. The Morgan fingerprint density at radius 2 is 1.90 bits per heavy atom. The van der Waals surface area contributed by atoms with E-state index in [1.807, 2.05) is 0 Å². The number of benzene rings is 2. The van der Waals surface area contributed by atoms with Crippen LogP contribution in [0.2, 0.25) is 0 Å². The Bertz CT molecular complexity index is 651. The molecule has 0 aliphatic rings. The van der Waals surface area contributed by atoms with Gasteiger partial charge in [-0.2, -0.15) is 0 Å². The number of ether oxygens (including phenoxy) is 1. The van der Waals surface area contributed by atoms with Gasteiger partial charge in [-0.15, -0.1) is 0 Å². The van der Waals surface area contributed by atoms with Crippen LogP contribution in [0.4, 0.5) is 8.78 Å². The monoisotopic (exact) mass is 276 g/mol. The van der Waals surface area contributed by atoms with Crippen molar-refractivity contribution < 1.29 is 18.3 Å². The van der Waals surface area contributed by atoms with Gasteiger partial charge in [0.05, 0.1) is 12.7 Å². The number of carbonyl (C=O) groups is 1. The van der Waals surface area contributed by atoms with Gasteiger partial charge in [-0.1, -0.05) is 6.07 Å². The van der Waals surface area contributed by atoms with Crippen LogP contribution in [0.3, 0.4) is 0 Å². The van der Waals surface area contributed by atoms with E-state index in [9.17, 15) is 13.6 Å². The quantitative estimate of drug-likeness (QED) is 0.796. The molecule has 2 aromatic carbocycles. The van der Waals surface area contributed by atoms with Gasteiger partial charge >= 0.3 is 0 Å². The zero-order valence-electron chi connectivity index (χ0n) is 11.2. The molecule has 0 fully saturated rings. The minimum atomic E-state index is -0.617. The number of hydrogen-bond donors (Lipinski definition) is 0. The molecule has 2 nitrogen and oxygen atoms in total. The first-order chi connectivity index (χ1) is 9.51. The van der Waals surface area contributed by atoms with Crippen molar-refractivity contribution in [2.45, 2.75) is 13.3 Å². The average molecular weight is 276 g/mol. The molecule has 0 amide bonds. The minimum absolute atomic E-state index is 0.00882. The smallest absolute Gasteiger partial charge is 0.170 e. The summed E-state index contributed by atoms with van der Waals surface area (Å²) >= 11 is 0. The van der Waals surface area contributed by atoms with Gasteiger partial charge in [0.25, 0.3) is 0 Å². The van der Waals surface area contributed by atoms with Crippen LogP contribution in [0.5, 0.6) is 5.75 Å². The molecule has 2 aromatic rings. The van der Waals surface area contributed by atoms with Crippen LogP contribution in [0.25, 0.3) is 0 Å². The second-order valence-corrected chi connectivity index (χ2v) is 4.52. The highest BCUT2D eigenvalue weighted by atomic mass is 19.1. The number of Topliss-reactive ketones (excluding diaryl/α,β-unsaturated/α-hetero) is 1. The highest BCUT2D eigenvalue weighted by molar-refractivity contribution is 5.98. The first kappa shape index (κ1) is 14.2. The lowest BCUT2D eigenvalue weighted by molar-refractivity contribution is 0.0989. The molecule has 0 saturated heterocycles. The summed E-state index contributed by atoms with van der Waals surface area (Å²) in [6.07, 6.45) is 0.0371. The molecule has 0 N–H and O–H groups in total. The predicted octanol–water partition coefficient (Wildman–Crippen LogP) is 3.71. The van der Waals surface area contributed by atoms with Crippen LogP contribution >= 0.6 is 0 Å². The maximum atomic E-state index is 13.8. The third-order valence-corrected chi connectivity index (χ3v) is 3.13. The molecule has 0 spiro atoms. The summed E-state index contributed by atoms with van der Waals surface area (Å²) in [4.78, 5) is 12.1. The molecule has 0 atom stereocenters. The Kier molecular flexibility index (Phi) is 4.13. The van der Waals surface area contributed by atoms with Crippen molar-refractivity contribution in [3.63, 3.8) is 0 Å². The van der Waals surface area contributed by atoms with Gasteiger partial charge < -0.3 is 4.74 Å². The van der Waals surface area contributed by atoms with E-state index in [-0.39, 0.29) is 23.6 Å². The summed E-state index contributed by atoms with van der Waals surface area (Å²) in [7, 11) is 1.43. The number of hydrogen-bond acceptors (Lipinski definition) is 2. The van der Waals surface area contributed by atoms with Crippen molar-refractivity contribution in [2.24, 2.45) is 0 Å². The predicted molar refractivity (Wildman–Crippen MR) is 72.1 cm³/mol. The van der Waals surface area contributed by atoms with Gasteiger partial charge in [0.2, 0.25) is 0 Å². The van der Waals surface area contributed by atoms with E-state index in [2.05, 4.69) is 0 Å². The summed E-state index contributed by atoms with van der Waals surface area (Å²) < 4.78 is 31.7. The van der Waals surface area contributed by atoms with E-state index < -0.39 is 5.82 Å². The molecule has 0 heterocycles. The fourth-order valence-electron chi connectivity index (χ4n) is 1.97. The minimum Gasteiger partial charge on any atom is -0.497 e. The standard InChI is InChI=1S/C16H14F2O2/c1-10-7-12(17)4-3-11(10)8-16(19)14-6-5-13(20-2)9-15(14)18/h3-7,9H,8H2,1-2H3. The molecule has 0 saturated carbocycles. The van der Waals surface area contributed by atoms with Crippen LogP contribution in [0.1, 0.15) is 21.5 Å². The highest BCUT2D eigenvalue weighted by Crippen LogP contribution is 2.19. The third kappa shape index (κ3) is 3.02. The first-order valence-corrected chi connectivity index (χ1v) is 6.13. The van der Waals surface area contributed by atoms with Crippen molar-refractivity contribution >= 4 is 5.78 Å². The maximum Gasteiger partial charge on any atom is 0.170 e. The van der Waals surface area contributed by atoms with Crippen molar-refractivity contribution in [3.05, 3.63) is 64.7 Å². The molecule has 0 aromatic heterocycles. The lowest BCUT2D eigenvalue weighted by atomic mass is 9.99. The van der Waals surface area contributed by atoms with Gasteiger partial charge in [0, 0.05) is 12.5 Å². The Labute approximate surface area is 116 Å². The lowest BCUT2D eigenvalue weighted by Gasteiger charge is -2.07. The lowest BCUT2D eigenvalue weighted by Crippen LogP contribution is -2.07. The topological polar surface area (TPSA) is 26.3 Å². The summed E-state index contributed by atoms with van der Waals surface area (Å²) in [5, 5.41) is 0. The molecule has 0 radical (unpaired) electrons. The molecule has 0 aliphatic carbocycles.